The standard InChI is InChI=1S/C40H70O3/c1-5-6-7-8-9-10-11-12-13-14-15-16-17-21-37(41)43-38(42)27-22-31(2)34-25-26-35-33-24-23-32-20-18-19-29-39(32,3)36(33)28-30-40(34,35)4/h31-36H,5-30H2,1-4H3/t31-,32?,33+,34-,35+,36+,39+,40-/m1/s1. The van der Waals surface area contributed by atoms with Crippen LogP contribution in [0.25, 0.3) is 0 Å². The van der Waals surface area contributed by atoms with Gasteiger partial charge in [0.1, 0.15) is 0 Å². The van der Waals surface area contributed by atoms with E-state index in [2.05, 4.69) is 27.7 Å². The molecule has 0 bridgehead atoms. The van der Waals surface area contributed by atoms with E-state index in [1.165, 1.54) is 135 Å². The highest BCUT2D eigenvalue weighted by Gasteiger charge is 2.60. The average Bonchev–Trinajstić information content (AvgIpc) is 3.35. The molecule has 1 unspecified atom stereocenters. The summed E-state index contributed by atoms with van der Waals surface area (Å²) in [6, 6.07) is 0. The Morgan fingerprint density at radius 2 is 1.26 bits per heavy atom. The highest BCUT2D eigenvalue weighted by Crippen LogP contribution is 2.68. The summed E-state index contributed by atoms with van der Waals surface area (Å²) in [7, 11) is 0. The summed E-state index contributed by atoms with van der Waals surface area (Å²) >= 11 is 0. The van der Waals surface area contributed by atoms with Crippen molar-refractivity contribution in [1.82, 2.24) is 0 Å². The van der Waals surface area contributed by atoms with Gasteiger partial charge in [-0.3, -0.25) is 9.59 Å². The molecule has 4 aliphatic rings. The lowest BCUT2D eigenvalue weighted by molar-refractivity contribution is -0.160. The predicted molar refractivity (Wildman–Crippen MR) is 180 cm³/mol. The summed E-state index contributed by atoms with van der Waals surface area (Å²) in [5, 5.41) is 0. The van der Waals surface area contributed by atoms with Gasteiger partial charge in [-0.05, 0) is 111 Å². The molecule has 0 spiro atoms. The number of carbonyl (C=O) groups excluding carboxylic acids is 2. The largest absolute Gasteiger partial charge is 0.393 e. The van der Waals surface area contributed by atoms with Gasteiger partial charge in [-0.15, -0.1) is 0 Å². The zero-order valence-electron chi connectivity index (χ0n) is 29.1. The normalized spacial score (nSPS) is 34.2. The van der Waals surface area contributed by atoms with Gasteiger partial charge in [-0.2, -0.15) is 0 Å². The van der Waals surface area contributed by atoms with Crippen LogP contribution in [0.2, 0.25) is 0 Å². The fraction of sp³-hybridized carbons (Fsp3) is 0.950. The van der Waals surface area contributed by atoms with E-state index in [9.17, 15) is 9.59 Å². The minimum atomic E-state index is -0.307. The first-order valence-electron chi connectivity index (χ1n) is 19.5. The molecule has 0 N–H and O–H groups in total. The Hall–Kier alpha value is -0.860. The minimum absolute atomic E-state index is 0.293. The molecular weight excluding hydrogens is 528 g/mol. The average molecular weight is 599 g/mol. The second kappa shape index (κ2) is 17.2. The van der Waals surface area contributed by atoms with Crippen LogP contribution in [0.5, 0.6) is 0 Å². The second-order valence-corrected chi connectivity index (χ2v) is 16.5. The number of fused-ring (bicyclic) bond motifs is 5. The highest BCUT2D eigenvalue weighted by atomic mass is 16.6. The van der Waals surface area contributed by atoms with Gasteiger partial charge in [0.15, 0.2) is 0 Å². The van der Waals surface area contributed by atoms with E-state index in [0.29, 0.717) is 35.5 Å². The molecule has 3 heteroatoms. The zero-order chi connectivity index (χ0) is 30.7. The molecule has 4 saturated carbocycles. The third-order valence-corrected chi connectivity index (χ3v) is 13.9. The van der Waals surface area contributed by atoms with Gasteiger partial charge in [0.25, 0.3) is 0 Å². The number of hydrogen-bond donors (Lipinski definition) is 0. The van der Waals surface area contributed by atoms with Crippen molar-refractivity contribution in [2.24, 2.45) is 46.3 Å². The molecule has 0 aromatic heterocycles. The monoisotopic (exact) mass is 599 g/mol. The summed E-state index contributed by atoms with van der Waals surface area (Å²) in [6.07, 6.45) is 32.8. The molecule has 4 rings (SSSR count). The number of rotatable bonds is 18. The molecule has 4 fully saturated rings. The topological polar surface area (TPSA) is 43.4 Å². The Balaban J connectivity index is 1.07. The summed E-state index contributed by atoms with van der Waals surface area (Å²) in [6.45, 7) is 9.95. The molecule has 0 amide bonds. The van der Waals surface area contributed by atoms with Crippen LogP contribution < -0.4 is 0 Å². The van der Waals surface area contributed by atoms with Gasteiger partial charge in [0.05, 0.1) is 0 Å². The van der Waals surface area contributed by atoms with Gasteiger partial charge in [0.2, 0.25) is 0 Å². The quantitative estimate of drug-likeness (QED) is 0.0895. The van der Waals surface area contributed by atoms with E-state index in [0.717, 1.165) is 42.9 Å². The van der Waals surface area contributed by atoms with Crippen LogP contribution in [0.15, 0.2) is 0 Å². The fourth-order valence-corrected chi connectivity index (χ4v) is 11.3. The van der Waals surface area contributed by atoms with Crippen LogP contribution in [-0.2, 0) is 14.3 Å². The maximum atomic E-state index is 12.6. The molecule has 0 heterocycles. The Kier molecular flexibility index (Phi) is 14.0. The van der Waals surface area contributed by atoms with Crippen LogP contribution >= 0.6 is 0 Å². The summed E-state index contributed by atoms with van der Waals surface area (Å²) in [5.41, 5.74) is 1.04. The summed E-state index contributed by atoms with van der Waals surface area (Å²) in [4.78, 5) is 24.9. The van der Waals surface area contributed by atoms with Gasteiger partial charge in [-0.1, -0.05) is 118 Å². The molecule has 43 heavy (non-hydrogen) atoms. The van der Waals surface area contributed by atoms with Crippen molar-refractivity contribution in [2.75, 3.05) is 0 Å². The van der Waals surface area contributed by atoms with Gasteiger partial charge >= 0.3 is 11.9 Å². The van der Waals surface area contributed by atoms with E-state index < -0.39 is 0 Å². The van der Waals surface area contributed by atoms with Crippen molar-refractivity contribution in [3.05, 3.63) is 0 Å². The van der Waals surface area contributed by atoms with E-state index in [1.807, 2.05) is 0 Å². The fourth-order valence-electron chi connectivity index (χ4n) is 11.3. The summed E-state index contributed by atoms with van der Waals surface area (Å²) in [5.74, 6) is 4.39. The molecule has 3 nitrogen and oxygen atoms in total. The lowest BCUT2D eigenvalue weighted by Crippen LogP contribution is -2.53. The smallest absolute Gasteiger partial charge is 0.313 e. The molecule has 8 atom stereocenters. The third-order valence-electron chi connectivity index (χ3n) is 13.9. The first kappa shape index (κ1) is 35.0. The van der Waals surface area contributed by atoms with Crippen molar-refractivity contribution in [3.8, 4) is 0 Å². The molecule has 0 saturated heterocycles. The van der Waals surface area contributed by atoms with E-state index >= 15 is 0 Å². The van der Waals surface area contributed by atoms with Crippen molar-refractivity contribution in [1.29, 1.82) is 0 Å². The molecule has 0 radical (unpaired) electrons. The van der Waals surface area contributed by atoms with Gasteiger partial charge < -0.3 is 4.74 Å². The SMILES string of the molecule is CCCCCCCCCCCCCCCC(=O)OC(=O)CC[C@@H](C)[C@H]1CC[C@H]2[C@@H]3CCC4CCCC[C@]4(C)[C@H]3CC[C@]12C. The molecule has 248 valence electrons. The van der Waals surface area contributed by atoms with Crippen LogP contribution in [0, 0.1) is 46.3 Å². The highest BCUT2D eigenvalue weighted by molar-refractivity contribution is 5.85. The number of hydrogen-bond acceptors (Lipinski definition) is 3. The maximum Gasteiger partial charge on any atom is 0.313 e. The zero-order valence-corrected chi connectivity index (χ0v) is 29.1. The number of unbranched alkanes of at least 4 members (excludes halogenated alkanes) is 12. The lowest BCUT2D eigenvalue weighted by Gasteiger charge is -2.61. The Morgan fingerprint density at radius 1 is 0.651 bits per heavy atom. The van der Waals surface area contributed by atoms with Crippen molar-refractivity contribution < 1.29 is 14.3 Å². The van der Waals surface area contributed by atoms with Gasteiger partial charge in [0, 0.05) is 12.8 Å². The van der Waals surface area contributed by atoms with E-state index in [4.69, 9.17) is 4.74 Å². The van der Waals surface area contributed by atoms with E-state index in [-0.39, 0.29) is 11.9 Å². The number of esters is 2. The summed E-state index contributed by atoms with van der Waals surface area (Å²) < 4.78 is 5.26. The Labute approximate surface area is 266 Å². The van der Waals surface area contributed by atoms with Crippen molar-refractivity contribution in [3.63, 3.8) is 0 Å². The number of ether oxygens (including phenoxy) is 1. The van der Waals surface area contributed by atoms with Crippen LogP contribution in [-0.4, -0.2) is 11.9 Å². The molecule has 0 aliphatic heterocycles. The second-order valence-electron chi connectivity index (χ2n) is 16.5. The Bertz CT molecular complexity index is 851. The van der Waals surface area contributed by atoms with Crippen molar-refractivity contribution >= 4 is 11.9 Å². The van der Waals surface area contributed by atoms with Crippen LogP contribution in [0.3, 0.4) is 0 Å². The minimum Gasteiger partial charge on any atom is -0.393 e. The Morgan fingerprint density at radius 3 is 1.93 bits per heavy atom. The molecular formula is C40H70O3. The van der Waals surface area contributed by atoms with E-state index in [1.54, 1.807) is 0 Å². The predicted octanol–water partition coefficient (Wildman–Crippen LogP) is 12.0. The third kappa shape index (κ3) is 9.12. The lowest BCUT2D eigenvalue weighted by atomic mass is 9.44. The van der Waals surface area contributed by atoms with Gasteiger partial charge in [-0.25, -0.2) is 0 Å². The molecule has 0 aromatic rings. The first-order chi connectivity index (χ1) is 20.8. The molecule has 4 aliphatic carbocycles. The van der Waals surface area contributed by atoms with Crippen LogP contribution in [0.1, 0.15) is 195 Å². The van der Waals surface area contributed by atoms with Crippen LogP contribution in [0.4, 0.5) is 0 Å². The number of carbonyl (C=O) groups is 2. The first-order valence-corrected chi connectivity index (χ1v) is 19.5. The van der Waals surface area contributed by atoms with Crippen molar-refractivity contribution in [2.45, 2.75) is 195 Å². The molecule has 0 aromatic carbocycles. The maximum absolute atomic E-state index is 12.6.